The Bertz CT molecular complexity index is 798. The summed E-state index contributed by atoms with van der Waals surface area (Å²) in [4.78, 5) is 3.33. The molecule has 0 aliphatic carbocycles. The molecule has 0 atom stereocenters. The minimum absolute atomic E-state index is 0.803. The number of fused-ring (bicyclic) bond motifs is 1. The molecule has 0 aliphatic heterocycles. The van der Waals surface area contributed by atoms with Gasteiger partial charge in [0.25, 0.3) is 0 Å². The molecule has 3 aromatic rings. The molecule has 0 radical (unpaired) electrons. The van der Waals surface area contributed by atoms with Gasteiger partial charge in [0.15, 0.2) is 0 Å². The lowest BCUT2D eigenvalue weighted by Gasteiger charge is -2.06. The van der Waals surface area contributed by atoms with E-state index in [1.165, 1.54) is 22.1 Å². The van der Waals surface area contributed by atoms with Gasteiger partial charge < -0.3 is 4.98 Å². The van der Waals surface area contributed by atoms with Crippen molar-refractivity contribution >= 4 is 23.0 Å². The van der Waals surface area contributed by atoms with E-state index in [4.69, 9.17) is 12.2 Å². The van der Waals surface area contributed by atoms with Crippen LogP contribution in [0.15, 0.2) is 48.5 Å². The number of aromatic nitrogens is 1. The topological polar surface area (TPSA) is 15.8 Å². The highest BCUT2D eigenvalue weighted by Gasteiger charge is 2.02. The summed E-state index contributed by atoms with van der Waals surface area (Å²) < 4.78 is 0.803. The van der Waals surface area contributed by atoms with Crippen molar-refractivity contribution in [2.24, 2.45) is 0 Å². The van der Waals surface area contributed by atoms with E-state index in [9.17, 15) is 0 Å². The predicted molar refractivity (Wildman–Crippen MR) is 84.0 cm³/mol. The van der Waals surface area contributed by atoms with Gasteiger partial charge in [-0.3, -0.25) is 0 Å². The van der Waals surface area contributed by atoms with Gasteiger partial charge in [-0.2, -0.15) is 0 Å². The Morgan fingerprint density at radius 1 is 0.842 bits per heavy atom. The van der Waals surface area contributed by atoms with E-state index in [1.807, 2.05) is 0 Å². The molecule has 3 rings (SSSR count). The molecule has 0 saturated heterocycles. The lowest BCUT2D eigenvalue weighted by molar-refractivity contribution is 1.32. The number of pyridine rings is 1. The Hall–Kier alpha value is -1.93. The van der Waals surface area contributed by atoms with Crippen LogP contribution in [-0.4, -0.2) is 4.98 Å². The molecule has 2 aromatic carbocycles. The third-order valence-corrected chi connectivity index (χ3v) is 3.69. The number of hydrogen-bond donors (Lipinski definition) is 1. The maximum absolute atomic E-state index is 5.47. The molecule has 0 aliphatic rings. The summed E-state index contributed by atoms with van der Waals surface area (Å²) in [5.41, 5.74) is 4.73. The highest BCUT2D eigenvalue weighted by atomic mass is 32.1. The molecule has 0 amide bonds. The van der Waals surface area contributed by atoms with Crippen LogP contribution in [0.25, 0.3) is 22.0 Å². The van der Waals surface area contributed by atoms with Crippen LogP contribution in [0.1, 0.15) is 11.1 Å². The lowest BCUT2D eigenvalue weighted by Crippen LogP contribution is -1.87. The van der Waals surface area contributed by atoms with Gasteiger partial charge in [0.1, 0.15) is 4.64 Å². The van der Waals surface area contributed by atoms with E-state index in [-0.39, 0.29) is 0 Å². The first-order valence-electron chi connectivity index (χ1n) is 6.34. The maximum Gasteiger partial charge on any atom is 0.111 e. The number of hydrogen-bond acceptors (Lipinski definition) is 1. The fourth-order valence-corrected chi connectivity index (χ4v) is 2.55. The second-order valence-electron chi connectivity index (χ2n) is 4.97. The molecule has 2 heteroatoms. The maximum atomic E-state index is 5.47. The smallest absolute Gasteiger partial charge is 0.111 e. The van der Waals surface area contributed by atoms with Gasteiger partial charge in [-0.1, -0.05) is 59.7 Å². The van der Waals surface area contributed by atoms with Crippen LogP contribution in [-0.2, 0) is 0 Å². The first kappa shape index (κ1) is 12.1. The Morgan fingerprint density at radius 2 is 1.53 bits per heavy atom. The molecular weight excluding hydrogens is 250 g/mol. The van der Waals surface area contributed by atoms with Crippen molar-refractivity contribution in [3.63, 3.8) is 0 Å². The van der Waals surface area contributed by atoms with E-state index in [0.717, 1.165) is 15.7 Å². The van der Waals surface area contributed by atoms with Gasteiger partial charge in [-0.15, -0.1) is 0 Å². The van der Waals surface area contributed by atoms with Crippen LogP contribution < -0.4 is 0 Å². The molecule has 0 unspecified atom stereocenters. The molecule has 1 aromatic heterocycles. The third-order valence-electron chi connectivity index (χ3n) is 3.36. The van der Waals surface area contributed by atoms with Crippen LogP contribution in [0.3, 0.4) is 0 Å². The lowest BCUT2D eigenvalue weighted by atomic mass is 10.0. The average molecular weight is 265 g/mol. The Morgan fingerprint density at radius 3 is 2.26 bits per heavy atom. The van der Waals surface area contributed by atoms with Gasteiger partial charge in [0, 0.05) is 11.1 Å². The van der Waals surface area contributed by atoms with Crippen LogP contribution in [0, 0.1) is 18.5 Å². The predicted octanol–water partition coefficient (Wildman–Crippen LogP) is 5.18. The van der Waals surface area contributed by atoms with Crippen molar-refractivity contribution < 1.29 is 0 Å². The van der Waals surface area contributed by atoms with Crippen molar-refractivity contribution in [1.82, 2.24) is 4.98 Å². The molecule has 1 N–H and O–H groups in total. The number of H-pyrrole nitrogens is 1. The standard InChI is InChI=1S/C17H15NS/c1-11-3-6-13(7-4-11)16-10-14-8-5-12(2)9-15(14)17(19)18-16/h3-10H,1-2H3,(H,18,19). The van der Waals surface area contributed by atoms with Crippen molar-refractivity contribution in [3.05, 3.63) is 64.3 Å². The first-order valence-corrected chi connectivity index (χ1v) is 6.75. The van der Waals surface area contributed by atoms with Crippen molar-refractivity contribution in [2.45, 2.75) is 13.8 Å². The van der Waals surface area contributed by atoms with Crippen LogP contribution in [0.4, 0.5) is 0 Å². The molecule has 0 bridgehead atoms. The van der Waals surface area contributed by atoms with E-state index in [1.54, 1.807) is 0 Å². The summed E-state index contributed by atoms with van der Waals surface area (Å²) in [5, 5.41) is 2.30. The van der Waals surface area contributed by atoms with Crippen molar-refractivity contribution in [2.75, 3.05) is 0 Å². The molecule has 1 nitrogen and oxygen atoms in total. The van der Waals surface area contributed by atoms with Crippen LogP contribution in [0.5, 0.6) is 0 Å². The fourth-order valence-electron chi connectivity index (χ4n) is 2.26. The van der Waals surface area contributed by atoms with Gasteiger partial charge in [0.2, 0.25) is 0 Å². The summed E-state index contributed by atoms with van der Waals surface area (Å²) in [7, 11) is 0. The van der Waals surface area contributed by atoms with E-state index < -0.39 is 0 Å². The summed E-state index contributed by atoms with van der Waals surface area (Å²) >= 11 is 5.47. The zero-order valence-corrected chi connectivity index (χ0v) is 11.8. The normalized spacial score (nSPS) is 10.8. The summed E-state index contributed by atoms with van der Waals surface area (Å²) in [5.74, 6) is 0. The monoisotopic (exact) mass is 265 g/mol. The molecule has 0 fully saturated rings. The first-order chi connectivity index (χ1) is 9.13. The SMILES string of the molecule is Cc1ccc(-c2cc3ccc(C)cc3c(=S)[nH]2)cc1. The third kappa shape index (κ3) is 2.32. The number of aromatic amines is 1. The van der Waals surface area contributed by atoms with E-state index in [2.05, 4.69) is 67.4 Å². The second-order valence-corrected chi connectivity index (χ2v) is 5.38. The zero-order valence-electron chi connectivity index (χ0n) is 11.0. The summed E-state index contributed by atoms with van der Waals surface area (Å²) in [6.45, 7) is 4.18. The minimum Gasteiger partial charge on any atom is -0.346 e. The quantitative estimate of drug-likeness (QED) is 0.599. The zero-order chi connectivity index (χ0) is 13.4. The number of nitrogens with one attached hydrogen (secondary N) is 1. The fraction of sp³-hybridized carbons (Fsp3) is 0.118. The van der Waals surface area contributed by atoms with Gasteiger partial charge in [-0.05, 0) is 36.9 Å². The number of rotatable bonds is 1. The minimum atomic E-state index is 0.803. The average Bonchev–Trinajstić information content (AvgIpc) is 2.40. The van der Waals surface area contributed by atoms with Gasteiger partial charge >= 0.3 is 0 Å². The molecule has 0 spiro atoms. The number of aryl methyl sites for hydroxylation is 2. The van der Waals surface area contributed by atoms with Crippen molar-refractivity contribution in [1.29, 1.82) is 0 Å². The highest BCUT2D eigenvalue weighted by Crippen LogP contribution is 2.24. The summed E-state index contributed by atoms with van der Waals surface area (Å²) in [6.07, 6.45) is 0. The Kier molecular flexibility index (Phi) is 2.96. The second kappa shape index (κ2) is 4.63. The molecular formula is C17H15NS. The molecule has 94 valence electrons. The summed E-state index contributed by atoms with van der Waals surface area (Å²) in [6, 6.07) is 17.0. The molecule has 0 saturated carbocycles. The van der Waals surface area contributed by atoms with E-state index in [0.29, 0.717) is 0 Å². The Labute approximate surface area is 117 Å². The van der Waals surface area contributed by atoms with Crippen LogP contribution in [0.2, 0.25) is 0 Å². The van der Waals surface area contributed by atoms with E-state index >= 15 is 0 Å². The van der Waals surface area contributed by atoms with Gasteiger partial charge in [0.05, 0.1) is 0 Å². The molecule has 19 heavy (non-hydrogen) atoms. The molecule has 1 heterocycles. The van der Waals surface area contributed by atoms with Gasteiger partial charge in [-0.25, -0.2) is 0 Å². The van der Waals surface area contributed by atoms with Crippen LogP contribution >= 0.6 is 12.2 Å². The largest absolute Gasteiger partial charge is 0.346 e. The number of benzene rings is 2. The van der Waals surface area contributed by atoms with Crippen molar-refractivity contribution in [3.8, 4) is 11.3 Å². The highest BCUT2D eigenvalue weighted by molar-refractivity contribution is 7.71. The Balaban J connectivity index is 2.24.